The summed E-state index contributed by atoms with van der Waals surface area (Å²) < 4.78 is 53.0. The number of amides is 2. The van der Waals surface area contributed by atoms with Crippen molar-refractivity contribution >= 4 is 17.5 Å². The van der Waals surface area contributed by atoms with Gasteiger partial charge >= 0.3 is 6.18 Å². The summed E-state index contributed by atoms with van der Waals surface area (Å²) in [6.07, 6.45) is -2.34. The van der Waals surface area contributed by atoms with Gasteiger partial charge in [-0.2, -0.15) is 13.2 Å². The van der Waals surface area contributed by atoms with Crippen LogP contribution in [0.5, 0.6) is 0 Å². The van der Waals surface area contributed by atoms with Crippen LogP contribution in [0.2, 0.25) is 0 Å². The second-order valence-electron chi connectivity index (χ2n) is 6.88. The lowest BCUT2D eigenvalue weighted by Gasteiger charge is -2.29. The fraction of sp³-hybridized carbons (Fsp3) is 0.300. The maximum atomic E-state index is 13.6. The molecule has 1 aliphatic rings. The van der Waals surface area contributed by atoms with Crippen LogP contribution in [0.15, 0.2) is 42.5 Å². The minimum absolute atomic E-state index is 0.151. The summed E-state index contributed by atoms with van der Waals surface area (Å²) in [5.41, 5.74) is 3.23. The highest BCUT2D eigenvalue weighted by atomic mass is 19.4. The number of alkyl halides is 3. The second kappa shape index (κ2) is 7.26. The van der Waals surface area contributed by atoms with Crippen molar-refractivity contribution in [2.24, 2.45) is 5.73 Å². The van der Waals surface area contributed by atoms with Crippen molar-refractivity contribution in [2.75, 3.05) is 5.32 Å². The molecule has 3 rings (SSSR count). The SMILES string of the molecule is NC(=O)c1cc(NC(=O)C2(c3cccc(C(F)(F)F)c3)CCCC2)ccc1F. The Morgan fingerprint density at radius 2 is 1.71 bits per heavy atom. The van der Waals surface area contributed by atoms with E-state index in [-0.39, 0.29) is 16.8 Å². The van der Waals surface area contributed by atoms with E-state index in [2.05, 4.69) is 5.32 Å². The predicted molar refractivity (Wildman–Crippen MR) is 95.1 cm³/mol. The molecule has 148 valence electrons. The molecule has 0 spiro atoms. The Morgan fingerprint density at radius 3 is 2.32 bits per heavy atom. The molecular formula is C20H18F4N2O2. The van der Waals surface area contributed by atoms with Crippen molar-refractivity contribution in [2.45, 2.75) is 37.3 Å². The smallest absolute Gasteiger partial charge is 0.366 e. The van der Waals surface area contributed by atoms with Gasteiger partial charge in [0, 0.05) is 5.69 Å². The van der Waals surface area contributed by atoms with Crippen LogP contribution in [0, 0.1) is 5.82 Å². The average molecular weight is 394 g/mol. The van der Waals surface area contributed by atoms with Crippen molar-refractivity contribution in [3.8, 4) is 0 Å². The second-order valence-corrected chi connectivity index (χ2v) is 6.88. The molecule has 4 nitrogen and oxygen atoms in total. The highest BCUT2D eigenvalue weighted by Crippen LogP contribution is 2.43. The summed E-state index contributed by atoms with van der Waals surface area (Å²) in [5, 5.41) is 2.61. The fourth-order valence-electron chi connectivity index (χ4n) is 3.66. The molecule has 0 aromatic heterocycles. The zero-order valence-corrected chi connectivity index (χ0v) is 14.8. The van der Waals surface area contributed by atoms with Crippen LogP contribution in [-0.4, -0.2) is 11.8 Å². The molecule has 0 saturated heterocycles. The van der Waals surface area contributed by atoms with Gasteiger partial charge in [-0.3, -0.25) is 9.59 Å². The van der Waals surface area contributed by atoms with Crippen molar-refractivity contribution in [3.05, 3.63) is 65.0 Å². The van der Waals surface area contributed by atoms with Crippen molar-refractivity contribution in [3.63, 3.8) is 0 Å². The summed E-state index contributed by atoms with van der Waals surface area (Å²) in [4.78, 5) is 24.4. The molecule has 3 N–H and O–H groups in total. The molecule has 8 heteroatoms. The number of primary amides is 1. The number of nitrogens with two attached hydrogens (primary N) is 1. The summed E-state index contributed by atoms with van der Waals surface area (Å²) >= 11 is 0. The Labute approximate surface area is 158 Å². The Hall–Kier alpha value is -2.90. The van der Waals surface area contributed by atoms with Gasteiger partial charge in [0.1, 0.15) is 5.82 Å². The number of benzene rings is 2. The van der Waals surface area contributed by atoms with E-state index in [1.165, 1.54) is 18.2 Å². The number of rotatable bonds is 4. The molecule has 0 bridgehead atoms. The minimum atomic E-state index is -4.51. The van der Waals surface area contributed by atoms with Crippen molar-refractivity contribution in [1.82, 2.24) is 0 Å². The number of hydrogen-bond acceptors (Lipinski definition) is 2. The standard InChI is InChI=1S/C20H18F4N2O2/c21-16-7-6-14(11-15(16)17(25)27)26-18(28)19(8-1-2-9-19)12-4-3-5-13(10-12)20(22,23)24/h3-7,10-11H,1-2,8-9H2,(H2,25,27)(H,26,28). The van der Waals surface area contributed by atoms with E-state index in [9.17, 15) is 27.2 Å². The average Bonchev–Trinajstić information content (AvgIpc) is 3.13. The van der Waals surface area contributed by atoms with Gasteiger partial charge in [-0.1, -0.05) is 31.0 Å². The van der Waals surface area contributed by atoms with Gasteiger partial charge in [-0.25, -0.2) is 4.39 Å². The Morgan fingerprint density at radius 1 is 1.04 bits per heavy atom. The Balaban J connectivity index is 1.96. The van der Waals surface area contributed by atoms with Gasteiger partial charge in [0.05, 0.1) is 16.5 Å². The van der Waals surface area contributed by atoms with E-state index >= 15 is 0 Å². The third-order valence-corrected chi connectivity index (χ3v) is 5.12. The Kier molecular flexibility index (Phi) is 5.14. The predicted octanol–water partition coefficient (Wildman–Crippen LogP) is 4.39. The number of carbonyl (C=O) groups is 2. The lowest BCUT2D eigenvalue weighted by Crippen LogP contribution is -2.38. The van der Waals surface area contributed by atoms with E-state index in [0.29, 0.717) is 25.7 Å². The van der Waals surface area contributed by atoms with Gasteiger partial charge in [0.25, 0.3) is 5.91 Å². The molecule has 1 saturated carbocycles. The van der Waals surface area contributed by atoms with E-state index in [0.717, 1.165) is 24.3 Å². The minimum Gasteiger partial charge on any atom is -0.366 e. The topological polar surface area (TPSA) is 72.2 Å². The number of hydrogen-bond donors (Lipinski definition) is 2. The number of nitrogens with one attached hydrogen (secondary N) is 1. The van der Waals surface area contributed by atoms with Gasteiger partial charge in [-0.15, -0.1) is 0 Å². The molecule has 0 atom stereocenters. The number of anilines is 1. The quantitative estimate of drug-likeness (QED) is 0.755. The Bertz CT molecular complexity index is 919. The first-order valence-electron chi connectivity index (χ1n) is 8.72. The third kappa shape index (κ3) is 3.72. The highest BCUT2D eigenvalue weighted by molar-refractivity contribution is 6.01. The lowest BCUT2D eigenvalue weighted by molar-refractivity contribution is -0.137. The molecule has 0 unspecified atom stereocenters. The molecule has 2 aromatic carbocycles. The van der Waals surface area contributed by atoms with Crippen molar-refractivity contribution < 1.29 is 27.2 Å². The molecule has 0 radical (unpaired) electrons. The van der Waals surface area contributed by atoms with Crippen LogP contribution in [-0.2, 0) is 16.4 Å². The molecule has 2 amide bonds. The molecular weight excluding hydrogens is 376 g/mol. The largest absolute Gasteiger partial charge is 0.416 e. The monoisotopic (exact) mass is 394 g/mol. The third-order valence-electron chi connectivity index (χ3n) is 5.12. The zero-order valence-electron chi connectivity index (χ0n) is 14.8. The van der Waals surface area contributed by atoms with Gasteiger partial charge in [0.2, 0.25) is 5.91 Å². The van der Waals surface area contributed by atoms with E-state index in [1.54, 1.807) is 0 Å². The molecule has 28 heavy (non-hydrogen) atoms. The van der Waals surface area contributed by atoms with E-state index < -0.39 is 34.8 Å². The molecule has 2 aromatic rings. The van der Waals surface area contributed by atoms with E-state index in [4.69, 9.17) is 5.73 Å². The van der Waals surface area contributed by atoms with Crippen LogP contribution < -0.4 is 11.1 Å². The molecule has 0 aliphatic heterocycles. The first-order chi connectivity index (χ1) is 13.1. The molecule has 0 heterocycles. The zero-order chi connectivity index (χ0) is 20.5. The summed E-state index contributed by atoms with van der Waals surface area (Å²) in [6, 6.07) is 8.15. The fourth-order valence-corrected chi connectivity index (χ4v) is 3.66. The lowest BCUT2D eigenvalue weighted by atomic mass is 9.77. The van der Waals surface area contributed by atoms with Gasteiger partial charge in [-0.05, 0) is 42.7 Å². The summed E-state index contributed by atoms with van der Waals surface area (Å²) in [7, 11) is 0. The highest BCUT2D eigenvalue weighted by Gasteiger charge is 2.44. The van der Waals surface area contributed by atoms with Crippen LogP contribution in [0.4, 0.5) is 23.2 Å². The molecule has 1 fully saturated rings. The first-order valence-corrected chi connectivity index (χ1v) is 8.72. The maximum absolute atomic E-state index is 13.6. The van der Waals surface area contributed by atoms with Gasteiger partial charge < -0.3 is 11.1 Å². The number of carbonyl (C=O) groups excluding carboxylic acids is 2. The van der Waals surface area contributed by atoms with Crippen LogP contribution in [0.1, 0.15) is 47.2 Å². The van der Waals surface area contributed by atoms with Crippen LogP contribution >= 0.6 is 0 Å². The normalized spacial score (nSPS) is 16.0. The maximum Gasteiger partial charge on any atom is 0.416 e. The van der Waals surface area contributed by atoms with Crippen LogP contribution in [0.25, 0.3) is 0 Å². The number of halogens is 4. The first kappa shape index (κ1) is 19.9. The van der Waals surface area contributed by atoms with Crippen molar-refractivity contribution in [1.29, 1.82) is 0 Å². The van der Waals surface area contributed by atoms with Crippen LogP contribution in [0.3, 0.4) is 0 Å². The summed E-state index contributed by atoms with van der Waals surface area (Å²) in [5.74, 6) is -2.30. The van der Waals surface area contributed by atoms with E-state index in [1.807, 2.05) is 0 Å². The molecule has 1 aliphatic carbocycles. The van der Waals surface area contributed by atoms with Gasteiger partial charge in [0.15, 0.2) is 0 Å². The summed E-state index contributed by atoms with van der Waals surface area (Å²) in [6.45, 7) is 0.